The topological polar surface area (TPSA) is 90.7 Å². The van der Waals surface area contributed by atoms with E-state index in [1.165, 1.54) is 0 Å². The number of carbonyl (C=O) groups is 1. The summed E-state index contributed by atoms with van der Waals surface area (Å²) in [5, 5.41) is 10.2. The van der Waals surface area contributed by atoms with Crippen LogP contribution in [0.5, 0.6) is 5.75 Å². The predicted molar refractivity (Wildman–Crippen MR) is 166 cm³/mol. The maximum Gasteiger partial charge on any atom is 0.335 e. The van der Waals surface area contributed by atoms with Gasteiger partial charge in [0.05, 0.1) is 42.3 Å². The number of benzene rings is 3. The van der Waals surface area contributed by atoms with Crippen molar-refractivity contribution in [2.75, 3.05) is 18.6 Å². The number of carboxylic acids is 1. The normalized spacial score (nSPS) is 22.3. The van der Waals surface area contributed by atoms with Gasteiger partial charge in [0.15, 0.2) is 0 Å². The largest absolute Gasteiger partial charge is 0.497 e. The highest BCUT2D eigenvalue weighted by molar-refractivity contribution is 7.85. The lowest BCUT2D eigenvalue weighted by Crippen LogP contribution is -2.25. The minimum atomic E-state index is -1.04. The van der Waals surface area contributed by atoms with Crippen molar-refractivity contribution in [1.29, 1.82) is 0 Å². The predicted octanol–water partition coefficient (Wildman–Crippen LogP) is 7.46. The quantitative estimate of drug-likeness (QED) is 0.219. The van der Waals surface area contributed by atoms with Gasteiger partial charge in [-0.1, -0.05) is 29.8 Å². The number of fused-ring (bicyclic) bond motifs is 1. The minimum Gasteiger partial charge on any atom is -0.497 e. The molecule has 2 aliphatic rings. The summed E-state index contributed by atoms with van der Waals surface area (Å²) in [6.45, 7) is 0.268. The van der Waals surface area contributed by atoms with Gasteiger partial charge in [-0.3, -0.25) is 4.21 Å². The molecule has 2 unspecified atom stereocenters. The average Bonchev–Trinajstić information content (AvgIpc) is 3.39. The number of nitrogens with zero attached hydrogens (tertiary/aromatic N) is 2. The highest BCUT2D eigenvalue weighted by atomic mass is 35.5. The van der Waals surface area contributed by atoms with Crippen LogP contribution in [0.25, 0.3) is 22.2 Å². The molecular formula is C33H32ClFN2O5S. The smallest absolute Gasteiger partial charge is 0.335 e. The summed E-state index contributed by atoms with van der Waals surface area (Å²) in [5.74, 6) is 0.531. The Kier molecular flexibility index (Phi) is 8.66. The Bertz CT molecular complexity index is 1710. The molecule has 10 heteroatoms. The highest BCUT2D eigenvalue weighted by Crippen LogP contribution is 2.40. The van der Waals surface area contributed by atoms with Crippen LogP contribution in [0.15, 0.2) is 72.6 Å². The van der Waals surface area contributed by atoms with Gasteiger partial charge in [-0.2, -0.15) is 0 Å². The molecule has 4 aromatic rings. The van der Waals surface area contributed by atoms with Crippen molar-refractivity contribution in [1.82, 2.24) is 9.55 Å². The van der Waals surface area contributed by atoms with Crippen molar-refractivity contribution in [3.63, 3.8) is 0 Å². The molecule has 0 amide bonds. The van der Waals surface area contributed by atoms with Gasteiger partial charge in [-0.05, 0) is 90.9 Å². The number of ether oxygens (including phenoxy) is 2. The maximum absolute atomic E-state index is 15.9. The number of hydrogen-bond donors (Lipinski definition) is 1. The van der Waals surface area contributed by atoms with Crippen LogP contribution >= 0.6 is 11.6 Å². The lowest BCUT2D eigenvalue weighted by Gasteiger charge is -2.29. The summed E-state index contributed by atoms with van der Waals surface area (Å²) in [4.78, 5) is 16.4. The molecule has 3 aromatic carbocycles. The highest BCUT2D eigenvalue weighted by Gasteiger charge is 2.33. The van der Waals surface area contributed by atoms with E-state index in [2.05, 4.69) is 4.57 Å². The molecule has 7 nitrogen and oxygen atoms in total. The van der Waals surface area contributed by atoms with E-state index in [1.807, 2.05) is 42.5 Å². The number of aromatic carboxylic acids is 1. The van der Waals surface area contributed by atoms with E-state index in [0.29, 0.717) is 59.3 Å². The van der Waals surface area contributed by atoms with Crippen LogP contribution in [-0.2, 0) is 22.1 Å². The van der Waals surface area contributed by atoms with Crippen LogP contribution in [0.3, 0.4) is 0 Å². The van der Waals surface area contributed by atoms with Crippen molar-refractivity contribution >= 4 is 39.4 Å². The zero-order valence-electron chi connectivity index (χ0n) is 23.7. The Morgan fingerprint density at radius 3 is 2.53 bits per heavy atom. The number of halogens is 2. The van der Waals surface area contributed by atoms with E-state index in [0.717, 1.165) is 22.2 Å². The van der Waals surface area contributed by atoms with E-state index in [9.17, 15) is 14.1 Å². The second-order valence-electron chi connectivity index (χ2n) is 11.0. The third kappa shape index (κ3) is 6.25. The number of rotatable bonds is 8. The summed E-state index contributed by atoms with van der Waals surface area (Å²) in [5.41, 5.74) is 4.34. The van der Waals surface area contributed by atoms with Gasteiger partial charge in [0, 0.05) is 33.4 Å². The molecule has 43 heavy (non-hydrogen) atoms. The second kappa shape index (κ2) is 12.6. The van der Waals surface area contributed by atoms with Gasteiger partial charge in [0.25, 0.3) is 0 Å². The summed E-state index contributed by atoms with van der Waals surface area (Å²) in [6, 6.07) is 18.3. The van der Waals surface area contributed by atoms with Gasteiger partial charge >= 0.3 is 5.97 Å². The summed E-state index contributed by atoms with van der Waals surface area (Å²) in [7, 11) is 0.763. The Balaban J connectivity index is 1.26. The molecule has 1 saturated heterocycles. The molecule has 1 aromatic heterocycles. The molecule has 2 heterocycles. The van der Waals surface area contributed by atoms with E-state index in [1.54, 1.807) is 31.4 Å². The summed E-state index contributed by atoms with van der Waals surface area (Å²) < 4.78 is 41.7. The lowest BCUT2D eigenvalue weighted by atomic mass is 9.91. The molecule has 0 radical (unpaired) electrons. The third-order valence-corrected chi connectivity index (χ3v) is 9.97. The van der Waals surface area contributed by atoms with E-state index < -0.39 is 28.8 Å². The maximum atomic E-state index is 15.9. The van der Waals surface area contributed by atoms with Gasteiger partial charge in [-0.25, -0.2) is 14.2 Å². The van der Waals surface area contributed by atoms with Gasteiger partial charge in [-0.15, -0.1) is 0 Å². The van der Waals surface area contributed by atoms with Crippen molar-refractivity contribution in [3.05, 3.63) is 94.5 Å². The third-order valence-electron chi connectivity index (χ3n) is 8.34. The second-order valence-corrected chi connectivity index (χ2v) is 13.1. The molecule has 0 saturated carbocycles. The fourth-order valence-corrected chi connectivity index (χ4v) is 7.47. The zero-order chi connectivity index (χ0) is 30.1. The number of methoxy groups -OCH3 is 1. The van der Waals surface area contributed by atoms with Crippen molar-refractivity contribution in [2.24, 2.45) is 0 Å². The SMILES string of the molecule is COc1ccc(-c2ccc(Cl)cc2)c(COC2C=C(F)C(c3nc4cc(C(=O)O)ccc4n3C3CCS(=O)CC3)CC2)c1. The van der Waals surface area contributed by atoms with Crippen LogP contribution in [-0.4, -0.2) is 49.6 Å². The molecule has 1 N–H and O–H groups in total. The van der Waals surface area contributed by atoms with Crippen molar-refractivity contribution in [2.45, 2.75) is 50.4 Å². The Morgan fingerprint density at radius 1 is 1.07 bits per heavy atom. The van der Waals surface area contributed by atoms with E-state index >= 15 is 4.39 Å². The molecular weight excluding hydrogens is 591 g/mol. The standard InChI is InChI=1S/C33H32ClFN2O5S/c1-41-25-7-9-27(20-2-5-23(34)6-3-20)22(16-25)19-42-26-8-10-28(29(35)18-26)32-36-30-17-21(33(38)39)4-11-31(30)37(32)24-12-14-43(40)15-13-24/h2-7,9,11,16-18,24,26,28H,8,10,12-15,19H2,1H3,(H,38,39). The average molecular weight is 623 g/mol. The number of aromatic nitrogens is 2. The van der Waals surface area contributed by atoms with Crippen LogP contribution in [0, 0.1) is 0 Å². The Labute approximate surface area is 256 Å². The molecule has 1 aliphatic heterocycles. The fourth-order valence-electron chi connectivity index (χ4n) is 6.07. The fraction of sp³-hybridized carbons (Fsp3) is 0.333. The first-order valence-electron chi connectivity index (χ1n) is 14.3. The zero-order valence-corrected chi connectivity index (χ0v) is 25.2. The number of allylic oxidation sites excluding steroid dienone is 1. The van der Waals surface area contributed by atoms with Gasteiger partial charge in [0.2, 0.25) is 0 Å². The molecule has 0 bridgehead atoms. The first-order valence-corrected chi connectivity index (χ1v) is 16.2. The molecule has 2 atom stereocenters. The first kappa shape index (κ1) is 29.5. The molecule has 224 valence electrons. The number of carboxylic acid groups (broad SMARTS) is 1. The van der Waals surface area contributed by atoms with Crippen LogP contribution in [0.1, 0.15) is 59.4 Å². The monoisotopic (exact) mass is 622 g/mol. The number of imidazole rings is 1. The van der Waals surface area contributed by atoms with E-state index in [-0.39, 0.29) is 24.0 Å². The Hall–Kier alpha value is -3.53. The van der Waals surface area contributed by atoms with Crippen LogP contribution < -0.4 is 4.74 Å². The molecule has 6 rings (SSSR count). The lowest BCUT2D eigenvalue weighted by molar-refractivity contribution is 0.0573. The van der Waals surface area contributed by atoms with Crippen molar-refractivity contribution < 1.29 is 28.0 Å². The summed E-state index contributed by atoms with van der Waals surface area (Å²) in [6.07, 6.45) is 3.60. The van der Waals surface area contributed by atoms with Crippen LogP contribution in [0.4, 0.5) is 4.39 Å². The van der Waals surface area contributed by atoms with Crippen molar-refractivity contribution in [3.8, 4) is 16.9 Å². The number of hydrogen-bond acceptors (Lipinski definition) is 5. The molecule has 1 aliphatic carbocycles. The summed E-state index contributed by atoms with van der Waals surface area (Å²) >= 11 is 6.09. The molecule has 0 spiro atoms. The first-order chi connectivity index (χ1) is 20.8. The van der Waals surface area contributed by atoms with Crippen LogP contribution in [0.2, 0.25) is 5.02 Å². The molecule has 1 fully saturated rings. The van der Waals surface area contributed by atoms with E-state index in [4.69, 9.17) is 26.1 Å². The van der Waals surface area contributed by atoms with Gasteiger partial charge in [0.1, 0.15) is 17.4 Å². The minimum absolute atomic E-state index is 0.0227. The Morgan fingerprint density at radius 2 is 1.84 bits per heavy atom. The van der Waals surface area contributed by atoms with Gasteiger partial charge < -0.3 is 19.1 Å².